The van der Waals surface area contributed by atoms with Gasteiger partial charge in [-0.3, -0.25) is 4.57 Å². The van der Waals surface area contributed by atoms with Crippen molar-refractivity contribution >= 4 is 68.5 Å². The van der Waals surface area contributed by atoms with Gasteiger partial charge in [0, 0.05) is 40.8 Å². The zero-order valence-corrected chi connectivity index (χ0v) is 30.8. The Labute approximate surface area is 320 Å². The highest BCUT2D eigenvalue weighted by Crippen LogP contribution is 2.64. The van der Waals surface area contributed by atoms with Gasteiger partial charge in [0.2, 0.25) is 0 Å². The number of nitrogens with zero attached hydrogens (tertiary/aromatic N) is 3. The van der Waals surface area contributed by atoms with E-state index in [9.17, 15) is 0 Å². The van der Waals surface area contributed by atoms with Crippen molar-refractivity contribution in [1.82, 2.24) is 9.55 Å². The van der Waals surface area contributed by atoms with Gasteiger partial charge in [-0.05, 0) is 76.9 Å². The van der Waals surface area contributed by atoms with Gasteiger partial charge in [-0.25, -0.2) is 4.98 Å². The van der Waals surface area contributed by atoms with Crippen LogP contribution in [0.3, 0.4) is 0 Å². The van der Waals surface area contributed by atoms with Gasteiger partial charge in [-0.1, -0.05) is 133 Å². The lowest BCUT2D eigenvalue weighted by atomic mass is 9.99. The Balaban J connectivity index is 1.04. The second kappa shape index (κ2) is 11.5. The third-order valence-corrected chi connectivity index (χ3v) is 14.4. The molecule has 2 unspecified atom stereocenters. The average molecular weight is 732 g/mol. The molecular weight excluding hydrogens is 703 g/mol. The molecule has 3 nitrogen and oxygen atoms in total. The highest BCUT2D eigenvalue weighted by molar-refractivity contribution is 8.04. The second-order valence-corrected chi connectivity index (χ2v) is 17.3. The van der Waals surface area contributed by atoms with E-state index in [0.717, 1.165) is 33.7 Å². The van der Waals surface area contributed by atoms with Crippen molar-refractivity contribution in [3.05, 3.63) is 169 Å². The van der Waals surface area contributed by atoms with Crippen molar-refractivity contribution in [1.29, 1.82) is 0 Å². The lowest BCUT2D eigenvalue weighted by molar-refractivity contribution is 0.738. The molecule has 2 atom stereocenters. The quantitative estimate of drug-likeness (QED) is 0.179. The van der Waals surface area contributed by atoms with E-state index in [-0.39, 0.29) is 0 Å². The summed E-state index contributed by atoms with van der Waals surface area (Å²) in [7, 11) is 0. The molecule has 6 aromatic carbocycles. The van der Waals surface area contributed by atoms with Gasteiger partial charge >= 0.3 is 0 Å². The molecule has 12 rings (SSSR count). The number of rotatable bonds is 4. The van der Waals surface area contributed by atoms with E-state index in [4.69, 9.17) is 4.98 Å². The van der Waals surface area contributed by atoms with Gasteiger partial charge in [0.05, 0.1) is 39.4 Å². The molecule has 250 valence electrons. The van der Waals surface area contributed by atoms with Crippen molar-refractivity contribution in [3.8, 4) is 39.3 Å². The van der Waals surface area contributed by atoms with Gasteiger partial charge in [0.25, 0.3) is 0 Å². The van der Waals surface area contributed by atoms with Crippen LogP contribution in [0.5, 0.6) is 0 Å². The van der Waals surface area contributed by atoms with E-state index in [1.165, 1.54) is 63.3 Å². The van der Waals surface area contributed by atoms with E-state index >= 15 is 0 Å². The number of hydrogen-bond acceptors (Lipinski definition) is 5. The molecule has 0 saturated heterocycles. The summed E-state index contributed by atoms with van der Waals surface area (Å²) >= 11 is 5.90. The van der Waals surface area contributed by atoms with Gasteiger partial charge in [-0.15, -0.1) is 11.8 Å². The molecule has 53 heavy (non-hydrogen) atoms. The SMILES string of the molecule is C1=CC2Sc3cccc4c3N3c5c(cc(-c6ccc7c(c6)c6ccccc6n7-c6cc(-c7ccccc7)cc(-c7ccccc7)n6)cc5S4)SC(=C1)C23. The molecule has 6 heteroatoms. The molecule has 1 aliphatic carbocycles. The number of thioether (sulfide) groups is 2. The first kappa shape index (κ1) is 30.1. The maximum Gasteiger partial charge on any atom is 0.138 e. The smallest absolute Gasteiger partial charge is 0.138 e. The lowest BCUT2D eigenvalue weighted by Crippen LogP contribution is -2.46. The molecule has 0 saturated carbocycles. The van der Waals surface area contributed by atoms with Crippen LogP contribution in [0.15, 0.2) is 188 Å². The van der Waals surface area contributed by atoms with Gasteiger partial charge in [-0.2, -0.15) is 0 Å². The lowest BCUT2D eigenvalue weighted by Gasteiger charge is -2.50. The summed E-state index contributed by atoms with van der Waals surface area (Å²) < 4.78 is 2.35. The van der Waals surface area contributed by atoms with Crippen LogP contribution >= 0.6 is 35.3 Å². The first-order chi connectivity index (χ1) is 26.2. The summed E-state index contributed by atoms with van der Waals surface area (Å²) in [6.07, 6.45) is 6.98. The van der Waals surface area contributed by atoms with E-state index in [1.54, 1.807) is 0 Å². The summed E-state index contributed by atoms with van der Waals surface area (Å²) in [5.41, 5.74) is 11.9. The number of fused-ring (bicyclic) bond motifs is 3. The van der Waals surface area contributed by atoms with Crippen LogP contribution in [0.2, 0.25) is 0 Å². The number of aromatic nitrogens is 2. The molecule has 8 aromatic rings. The molecule has 0 spiro atoms. The first-order valence-electron chi connectivity index (χ1n) is 17.9. The van der Waals surface area contributed by atoms with Crippen LogP contribution in [-0.4, -0.2) is 20.8 Å². The zero-order valence-electron chi connectivity index (χ0n) is 28.3. The number of hydrogen-bond donors (Lipinski definition) is 0. The van der Waals surface area contributed by atoms with Crippen LogP contribution in [0.4, 0.5) is 11.4 Å². The predicted octanol–water partition coefficient (Wildman–Crippen LogP) is 13.2. The summed E-state index contributed by atoms with van der Waals surface area (Å²) in [4.78, 5) is 14.9. The minimum Gasteiger partial charge on any atom is -0.328 e. The molecule has 2 aromatic heterocycles. The highest BCUT2D eigenvalue weighted by atomic mass is 32.2. The third kappa shape index (κ3) is 4.56. The van der Waals surface area contributed by atoms with Crippen LogP contribution < -0.4 is 4.90 Å². The fraction of sp³-hybridized carbons (Fsp3) is 0.0426. The Hall–Kier alpha value is -5.40. The monoisotopic (exact) mass is 731 g/mol. The van der Waals surface area contributed by atoms with Crippen molar-refractivity contribution in [2.75, 3.05) is 4.90 Å². The Morgan fingerprint density at radius 2 is 1.23 bits per heavy atom. The largest absolute Gasteiger partial charge is 0.328 e. The third-order valence-electron chi connectivity index (χ3n) is 10.9. The fourth-order valence-corrected chi connectivity index (χ4v) is 12.5. The van der Waals surface area contributed by atoms with E-state index in [2.05, 4.69) is 173 Å². The Morgan fingerprint density at radius 1 is 0.509 bits per heavy atom. The summed E-state index contributed by atoms with van der Waals surface area (Å²) in [6.45, 7) is 0. The normalized spacial score (nSPS) is 17.6. The number of pyridine rings is 1. The first-order valence-corrected chi connectivity index (χ1v) is 20.4. The number of para-hydroxylation sites is 2. The zero-order chi connectivity index (χ0) is 34.6. The van der Waals surface area contributed by atoms with Gasteiger partial charge in [0.15, 0.2) is 0 Å². The number of benzene rings is 6. The van der Waals surface area contributed by atoms with Gasteiger partial charge < -0.3 is 4.90 Å². The molecule has 0 radical (unpaired) electrons. The average Bonchev–Trinajstić information content (AvgIpc) is 3.55. The topological polar surface area (TPSA) is 21.1 Å². The highest BCUT2D eigenvalue weighted by Gasteiger charge is 2.46. The Bertz CT molecular complexity index is 2830. The molecule has 5 heterocycles. The van der Waals surface area contributed by atoms with Crippen LogP contribution in [0.25, 0.3) is 61.1 Å². The van der Waals surface area contributed by atoms with Gasteiger partial charge in [0.1, 0.15) is 5.82 Å². The molecule has 4 aliphatic rings. The summed E-state index contributed by atoms with van der Waals surface area (Å²) in [5.74, 6) is 0.913. The molecule has 3 aliphatic heterocycles. The Morgan fingerprint density at radius 3 is 2.09 bits per heavy atom. The number of allylic oxidation sites excluding steroid dienone is 2. The molecule has 0 bridgehead atoms. The maximum absolute atomic E-state index is 5.34. The van der Waals surface area contributed by atoms with Crippen molar-refractivity contribution < 1.29 is 0 Å². The van der Waals surface area contributed by atoms with Crippen molar-refractivity contribution in [3.63, 3.8) is 0 Å². The molecule has 0 amide bonds. The van der Waals surface area contributed by atoms with Crippen molar-refractivity contribution in [2.45, 2.75) is 30.9 Å². The van der Waals surface area contributed by atoms with Crippen LogP contribution in [-0.2, 0) is 0 Å². The predicted molar refractivity (Wildman–Crippen MR) is 224 cm³/mol. The number of anilines is 2. The molecular formula is C47H29N3S3. The Kier molecular flexibility index (Phi) is 6.56. The van der Waals surface area contributed by atoms with E-state index in [0.29, 0.717) is 11.3 Å². The van der Waals surface area contributed by atoms with E-state index < -0.39 is 0 Å². The minimum absolute atomic E-state index is 0.348. The van der Waals surface area contributed by atoms with Crippen LogP contribution in [0, 0.1) is 0 Å². The van der Waals surface area contributed by atoms with E-state index in [1.807, 2.05) is 35.3 Å². The van der Waals surface area contributed by atoms with Crippen molar-refractivity contribution in [2.24, 2.45) is 0 Å². The fourth-order valence-electron chi connectivity index (χ4n) is 8.52. The second-order valence-electron chi connectivity index (χ2n) is 13.9. The maximum atomic E-state index is 5.34. The summed E-state index contributed by atoms with van der Waals surface area (Å²) in [5, 5.41) is 2.87. The standard InChI is InChI=1S/C47H29N3S3/c1-3-11-28(12-4-1)31-24-35(29-13-5-2-6-14-29)48-44(27-31)49-36-16-8-7-15-33(36)34-23-30(21-22-37(34)49)32-25-42-47-43(26-32)53-41-20-10-18-39-46(41)50(47)45-38(51-39)17-9-19-40(45)52-42/h1-27,38,45H. The summed E-state index contributed by atoms with van der Waals surface area (Å²) in [6, 6.07) is 53.4. The van der Waals surface area contributed by atoms with Crippen LogP contribution in [0.1, 0.15) is 0 Å². The molecule has 0 N–H and O–H groups in total. The molecule has 0 fully saturated rings. The minimum atomic E-state index is 0.348.